The second-order valence-corrected chi connectivity index (χ2v) is 3.78. The number of hydrogen-bond acceptors (Lipinski definition) is 5. The van der Waals surface area contributed by atoms with Crippen molar-refractivity contribution in [3.05, 3.63) is 36.0 Å². The Hall–Kier alpha value is -2.44. The predicted octanol–water partition coefficient (Wildman–Crippen LogP) is -0.0364. The molecule has 0 saturated carbocycles. The molecule has 0 bridgehead atoms. The molecule has 1 amide bonds. The van der Waals surface area contributed by atoms with Gasteiger partial charge < -0.3 is 11.1 Å². The number of nitrogens with zero attached hydrogens (tertiary/aromatic N) is 4. The van der Waals surface area contributed by atoms with E-state index in [1.165, 1.54) is 0 Å². The molecule has 0 aliphatic rings. The van der Waals surface area contributed by atoms with Crippen LogP contribution in [-0.2, 0) is 13.5 Å². The Morgan fingerprint density at radius 3 is 3.00 bits per heavy atom. The third-order valence-corrected chi connectivity index (χ3v) is 2.36. The van der Waals surface area contributed by atoms with Crippen LogP contribution in [-0.4, -0.2) is 32.2 Å². The van der Waals surface area contributed by atoms with Gasteiger partial charge in [-0.15, -0.1) is 0 Å². The van der Waals surface area contributed by atoms with Gasteiger partial charge in [-0.05, 0) is 12.1 Å². The Balaban J connectivity index is 1.96. The zero-order valence-corrected chi connectivity index (χ0v) is 10.00. The summed E-state index contributed by atoms with van der Waals surface area (Å²) < 4.78 is 1.64. The minimum absolute atomic E-state index is 0.381. The van der Waals surface area contributed by atoms with Crippen molar-refractivity contribution in [1.29, 1.82) is 0 Å². The molecule has 0 aliphatic carbocycles. The number of rotatable bonds is 5. The van der Waals surface area contributed by atoms with Crippen molar-refractivity contribution >= 4 is 11.7 Å². The van der Waals surface area contributed by atoms with Gasteiger partial charge in [-0.2, -0.15) is 5.10 Å². The Morgan fingerprint density at radius 2 is 2.33 bits per heavy atom. The fraction of sp³-hybridized carbons (Fsp3) is 0.273. The normalized spacial score (nSPS) is 10.3. The van der Waals surface area contributed by atoms with Crippen molar-refractivity contribution in [1.82, 2.24) is 19.7 Å². The molecule has 3 N–H and O–H groups in total. The standard InChI is InChI=1S/C11H14N6O/c1-17-7-15-9(16-17)4-6-14-11-8(10(12)18)3-2-5-13-11/h2-3,5,7H,4,6H2,1H3,(H2,12,18)(H,13,14). The summed E-state index contributed by atoms with van der Waals surface area (Å²) in [5.74, 6) is 0.726. The van der Waals surface area contributed by atoms with Gasteiger partial charge in [0.05, 0.1) is 5.56 Å². The topological polar surface area (TPSA) is 98.7 Å². The van der Waals surface area contributed by atoms with Crippen molar-refractivity contribution < 1.29 is 4.79 Å². The molecule has 94 valence electrons. The number of carbonyl (C=O) groups excluding carboxylic acids is 1. The van der Waals surface area contributed by atoms with E-state index >= 15 is 0 Å². The molecule has 0 aliphatic heterocycles. The zero-order valence-electron chi connectivity index (χ0n) is 10.00. The Morgan fingerprint density at radius 1 is 1.50 bits per heavy atom. The van der Waals surface area contributed by atoms with Crippen LogP contribution >= 0.6 is 0 Å². The minimum atomic E-state index is -0.499. The Bertz CT molecular complexity index is 550. The van der Waals surface area contributed by atoms with Crippen LogP contribution in [0.15, 0.2) is 24.7 Å². The number of pyridine rings is 1. The fourth-order valence-electron chi connectivity index (χ4n) is 1.54. The fourth-order valence-corrected chi connectivity index (χ4v) is 1.54. The van der Waals surface area contributed by atoms with E-state index in [0.717, 1.165) is 5.82 Å². The maximum atomic E-state index is 11.2. The molecular weight excluding hydrogens is 232 g/mol. The summed E-state index contributed by atoms with van der Waals surface area (Å²) in [6.45, 7) is 0.585. The van der Waals surface area contributed by atoms with Gasteiger partial charge in [-0.1, -0.05) is 0 Å². The number of amides is 1. The van der Waals surface area contributed by atoms with E-state index in [1.54, 1.807) is 29.3 Å². The van der Waals surface area contributed by atoms with Gasteiger partial charge in [-0.25, -0.2) is 9.97 Å². The van der Waals surface area contributed by atoms with Gasteiger partial charge >= 0.3 is 0 Å². The average molecular weight is 246 g/mol. The molecule has 0 unspecified atom stereocenters. The number of primary amides is 1. The van der Waals surface area contributed by atoms with Crippen LogP contribution in [0.1, 0.15) is 16.2 Å². The van der Waals surface area contributed by atoms with Crippen molar-refractivity contribution in [3.8, 4) is 0 Å². The molecule has 18 heavy (non-hydrogen) atoms. The van der Waals surface area contributed by atoms with Gasteiger partial charge in [0.2, 0.25) is 0 Å². The number of anilines is 1. The van der Waals surface area contributed by atoms with E-state index in [2.05, 4.69) is 20.4 Å². The Labute approximate surface area is 104 Å². The third-order valence-electron chi connectivity index (χ3n) is 2.36. The predicted molar refractivity (Wildman–Crippen MR) is 66.0 cm³/mol. The SMILES string of the molecule is Cn1cnc(CCNc2ncccc2C(N)=O)n1. The van der Waals surface area contributed by atoms with Crippen LogP contribution in [0.2, 0.25) is 0 Å². The second-order valence-electron chi connectivity index (χ2n) is 3.78. The lowest BCUT2D eigenvalue weighted by Crippen LogP contribution is -2.16. The number of aromatic nitrogens is 4. The number of hydrogen-bond donors (Lipinski definition) is 2. The maximum absolute atomic E-state index is 11.2. The quantitative estimate of drug-likeness (QED) is 0.771. The Kier molecular flexibility index (Phi) is 3.52. The maximum Gasteiger partial charge on any atom is 0.252 e. The van der Waals surface area contributed by atoms with E-state index < -0.39 is 5.91 Å². The summed E-state index contributed by atoms with van der Waals surface area (Å²) in [7, 11) is 1.81. The molecule has 7 nitrogen and oxygen atoms in total. The van der Waals surface area contributed by atoms with Crippen molar-refractivity contribution in [2.24, 2.45) is 12.8 Å². The highest BCUT2D eigenvalue weighted by Crippen LogP contribution is 2.10. The third kappa shape index (κ3) is 2.82. The van der Waals surface area contributed by atoms with Crippen molar-refractivity contribution in [3.63, 3.8) is 0 Å². The first-order valence-electron chi connectivity index (χ1n) is 5.50. The van der Waals surface area contributed by atoms with Crippen LogP contribution in [0.5, 0.6) is 0 Å². The molecule has 2 aromatic heterocycles. The van der Waals surface area contributed by atoms with Gasteiger partial charge in [0.25, 0.3) is 5.91 Å². The molecule has 0 aromatic carbocycles. The molecule has 0 radical (unpaired) electrons. The van der Waals surface area contributed by atoms with E-state index in [1.807, 2.05) is 7.05 Å². The van der Waals surface area contributed by atoms with E-state index in [-0.39, 0.29) is 0 Å². The van der Waals surface area contributed by atoms with E-state index in [4.69, 9.17) is 5.73 Å². The first-order valence-corrected chi connectivity index (χ1v) is 5.50. The monoisotopic (exact) mass is 246 g/mol. The number of carbonyl (C=O) groups is 1. The lowest BCUT2D eigenvalue weighted by atomic mass is 10.2. The van der Waals surface area contributed by atoms with Crippen molar-refractivity contribution in [2.75, 3.05) is 11.9 Å². The highest BCUT2D eigenvalue weighted by molar-refractivity contribution is 5.97. The summed E-state index contributed by atoms with van der Waals surface area (Å²) in [6, 6.07) is 3.31. The van der Waals surface area contributed by atoms with Crippen LogP contribution in [0.25, 0.3) is 0 Å². The van der Waals surface area contributed by atoms with E-state index in [0.29, 0.717) is 24.3 Å². The van der Waals surface area contributed by atoms with E-state index in [9.17, 15) is 4.79 Å². The smallest absolute Gasteiger partial charge is 0.252 e. The summed E-state index contributed by atoms with van der Waals surface area (Å²) in [5, 5.41) is 7.20. The highest BCUT2D eigenvalue weighted by Gasteiger charge is 2.08. The lowest BCUT2D eigenvalue weighted by Gasteiger charge is -2.07. The number of nitrogens with one attached hydrogen (secondary N) is 1. The molecule has 2 heterocycles. The lowest BCUT2D eigenvalue weighted by molar-refractivity contribution is 0.100. The molecule has 2 rings (SSSR count). The highest BCUT2D eigenvalue weighted by atomic mass is 16.1. The first-order chi connectivity index (χ1) is 8.66. The summed E-state index contributed by atoms with van der Waals surface area (Å²) in [6.07, 6.45) is 3.90. The van der Waals surface area contributed by atoms with Gasteiger partial charge in [0.15, 0.2) is 5.82 Å². The van der Waals surface area contributed by atoms with Gasteiger partial charge in [0.1, 0.15) is 12.1 Å². The number of nitrogens with two attached hydrogens (primary N) is 1. The van der Waals surface area contributed by atoms with Crippen molar-refractivity contribution in [2.45, 2.75) is 6.42 Å². The largest absolute Gasteiger partial charge is 0.369 e. The average Bonchev–Trinajstić information content (AvgIpc) is 2.75. The molecule has 2 aromatic rings. The van der Waals surface area contributed by atoms with Gasteiger partial charge in [-0.3, -0.25) is 9.48 Å². The summed E-state index contributed by atoms with van der Waals surface area (Å²) in [5.41, 5.74) is 5.63. The molecule has 0 atom stereocenters. The van der Waals surface area contributed by atoms with Crippen LogP contribution in [0.4, 0.5) is 5.82 Å². The van der Waals surface area contributed by atoms with Crippen LogP contribution in [0, 0.1) is 0 Å². The zero-order chi connectivity index (χ0) is 13.0. The minimum Gasteiger partial charge on any atom is -0.369 e. The molecular formula is C11H14N6O. The first kappa shape index (κ1) is 12.0. The number of aryl methyl sites for hydroxylation is 1. The molecule has 0 saturated heterocycles. The second kappa shape index (κ2) is 5.26. The summed E-state index contributed by atoms with van der Waals surface area (Å²) in [4.78, 5) is 19.4. The van der Waals surface area contributed by atoms with Crippen LogP contribution in [0.3, 0.4) is 0 Å². The molecule has 0 spiro atoms. The molecule has 7 heteroatoms. The summed E-state index contributed by atoms with van der Waals surface area (Å²) >= 11 is 0. The molecule has 0 fully saturated rings. The van der Waals surface area contributed by atoms with Gasteiger partial charge in [0, 0.05) is 26.2 Å². The van der Waals surface area contributed by atoms with Crippen LogP contribution < -0.4 is 11.1 Å².